The lowest BCUT2D eigenvalue weighted by molar-refractivity contribution is 0.102. The van der Waals surface area contributed by atoms with Crippen molar-refractivity contribution in [3.8, 4) is 0 Å². The molecule has 1 amide bonds. The molecule has 3 aromatic rings. The smallest absolute Gasteiger partial charge is 0.277 e. The number of amides is 1. The highest BCUT2D eigenvalue weighted by Crippen LogP contribution is 2.39. The van der Waals surface area contributed by atoms with E-state index in [2.05, 4.69) is 20.5 Å². The van der Waals surface area contributed by atoms with Crippen LogP contribution in [0.15, 0.2) is 36.5 Å². The van der Waals surface area contributed by atoms with Crippen molar-refractivity contribution < 1.29 is 4.79 Å². The molecule has 1 fully saturated rings. The molecule has 1 saturated carbocycles. The number of carbonyl (C=O) groups is 1. The fraction of sp³-hybridized carbons (Fsp3) is 0.235. The van der Waals surface area contributed by atoms with Crippen LogP contribution in [-0.2, 0) is 6.42 Å². The van der Waals surface area contributed by atoms with Gasteiger partial charge in [-0.25, -0.2) is 4.98 Å². The van der Waals surface area contributed by atoms with E-state index in [1.807, 2.05) is 30.3 Å². The second-order valence-corrected chi connectivity index (χ2v) is 7.43. The second kappa shape index (κ2) is 6.37. The van der Waals surface area contributed by atoms with Gasteiger partial charge in [0.15, 0.2) is 10.8 Å². The van der Waals surface area contributed by atoms with Crippen LogP contribution in [0.3, 0.4) is 0 Å². The number of H-pyrrole nitrogens is 1. The predicted octanol–water partition coefficient (Wildman–Crippen LogP) is 4.24. The zero-order valence-electron chi connectivity index (χ0n) is 12.8. The third-order valence-electron chi connectivity index (χ3n) is 3.89. The molecule has 24 heavy (non-hydrogen) atoms. The fourth-order valence-corrected chi connectivity index (χ4v) is 3.57. The first-order valence-electron chi connectivity index (χ1n) is 7.73. The number of rotatable bonds is 5. The summed E-state index contributed by atoms with van der Waals surface area (Å²) >= 11 is 7.46. The number of nitrogens with zero attached hydrogens (tertiary/aromatic N) is 2. The number of nitrogens with one attached hydrogen (secondary N) is 2. The van der Waals surface area contributed by atoms with Crippen molar-refractivity contribution >= 4 is 34.0 Å². The summed E-state index contributed by atoms with van der Waals surface area (Å²) < 4.78 is 0. The van der Waals surface area contributed by atoms with Crippen LogP contribution >= 0.6 is 22.9 Å². The molecule has 1 aliphatic rings. The van der Waals surface area contributed by atoms with Crippen LogP contribution in [0.25, 0.3) is 0 Å². The Morgan fingerprint density at radius 2 is 2.25 bits per heavy atom. The van der Waals surface area contributed by atoms with Crippen LogP contribution in [0.1, 0.15) is 45.4 Å². The SMILES string of the molecule is O=C(Nc1ncc(Cc2cccc(Cl)c2)s1)c1cc(C2CC2)[nH]n1. The Bertz CT molecular complexity index is 884. The van der Waals surface area contributed by atoms with Gasteiger partial charge in [-0.05, 0) is 36.6 Å². The third kappa shape index (κ3) is 3.49. The lowest BCUT2D eigenvalue weighted by atomic mass is 10.1. The molecular weight excluding hydrogens is 344 g/mol. The quantitative estimate of drug-likeness (QED) is 0.716. The van der Waals surface area contributed by atoms with Crippen molar-refractivity contribution in [1.82, 2.24) is 15.2 Å². The number of carbonyl (C=O) groups excluding carboxylic acids is 1. The van der Waals surface area contributed by atoms with Crippen molar-refractivity contribution in [3.05, 3.63) is 63.4 Å². The van der Waals surface area contributed by atoms with Crippen molar-refractivity contribution in [2.45, 2.75) is 25.2 Å². The van der Waals surface area contributed by atoms with E-state index in [9.17, 15) is 4.79 Å². The Labute approximate surface area is 148 Å². The molecule has 1 aromatic carbocycles. The van der Waals surface area contributed by atoms with Gasteiger partial charge in [-0.3, -0.25) is 15.2 Å². The van der Waals surface area contributed by atoms with E-state index < -0.39 is 0 Å². The predicted molar refractivity (Wildman–Crippen MR) is 94.9 cm³/mol. The number of hydrogen-bond acceptors (Lipinski definition) is 4. The fourth-order valence-electron chi connectivity index (χ4n) is 2.51. The zero-order valence-corrected chi connectivity index (χ0v) is 14.3. The van der Waals surface area contributed by atoms with E-state index in [-0.39, 0.29) is 5.91 Å². The molecule has 0 bridgehead atoms. The summed E-state index contributed by atoms with van der Waals surface area (Å²) in [4.78, 5) is 17.6. The molecule has 2 aromatic heterocycles. The second-order valence-electron chi connectivity index (χ2n) is 5.88. The molecule has 2 heterocycles. The van der Waals surface area contributed by atoms with Crippen LogP contribution in [0.5, 0.6) is 0 Å². The van der Waals surface area contributed by atoms with Crippen molar-refractivity contribution in [2.75, 3.05) is 5.32 Å². The number of thiazole rings is 1. The van der Waals surface area contributed by atoms with Crippen LogP contribution in [-0.4, -0.2) is 21.1 Å². The maximum atomic E-state index is 12.2. The average molecular weight is 359 g/mol. The minimum atomic E-state index is -0.234. The largest absolute Gasteiger partial charge is 0.296 e. The number of anilines is 1. The van der Waals surface area contributed by atoms with Gasteiger partial charge in [0.1, 0.15) is 0 Å². The summed E-state index contributed by atoms with van der Waals surface area (Å²) in [7, 11) is 0. The lowest BCUT2D eigenvalue weighted by Crippen LogP contribution is -2.11. The molecule has 0 aliphatic heterocycles. The minimum absolute atomic E-state index is 0.234. The van der Waals surface area contributed by atoms with Gasteiger partial charge in [-0.2, -0.15) is 5.10 Å². The summed E-state index contributed by atoms with van der Waals surface area (Å²) in [5, 5.41) is 11.1. The van der Waals surface area contributed by atoms with E-state index in [0.717, 1.165) is 27.6 Å². The van der Waals surface area contributed by atoms with E-state index in [1.54, 1.807) is 6.20 Å². The van der Waals surface area contributed by atoms with Gasteiger partial charge >= 0.3 is 0 Å². The molecular formula is C17H15ClN4OS. The van der Waals surface area contributed by atoms with Gasteiger partial charge < -0.3 is 0 Å². The number of aromatic nitrogens is 3. The highest BCUT2D eigenvalue weighted by atomic mass is 35.5. The maximum absolute atomic E-state index is 12.2. The molecule has 2 N–H and O–H groups in total. The van der Waals surface area contributed by atoms with Gasteiger partial charge in [0.25, 0.3) is 5.91 Å². The minimum Gasteiger partial charge on any atom is -0.296 e. The Hall–Kier alpha value is -2.18. The standard InChI is InChI=1S/C17H15ClN4OS/c18-12-3-1-2-10(6-12)7-13-9-19-17(24-13)20-16(23)15-8-14(21-22-15)11-4-5-11/h1-3,6,8-9,11H,4-5,7H2,(H,21,22)(H,19,20,23). The lowest BCUT2D eigenvalue weighted by Gasteiger charge is -1.99. The molecule has 0 spiro atoms. The molecule has 0 radical (unpaired) electrons. The normalized spacial score (nSPS) is 13.9. The zero-order chi connectivity index (χ0) is 16.5. The van der Waals surface area contributed by atoms with E-state index in [0.29, 0.717) is 16.7 Å². The number of benzene rings is 1. The number of halogens is 1. The highest BCUT2D eigenvalue weighted by Gasteiger charge is 2.26. The van der Waals surface area contributed by atoms with Crippen LogP contribution in [0.2, 0.25) is 5.02 Å². The van der Waals surface area contributed by atoms with E-state index in [1.165, 1.54) is 24.2 Å². The Balaban J connectivity index is 1.41. The van der Waals surface area contributed by atoms with Gasteiger partial charge in [0.2, 0.25) is 0 Å². The summed E-state index contributed by atoms with van der Waals surface area (Å²) in [6.07, 6.45) is 4.86. The van der Waals surface area contributed by atoms with E-state index >= 15 is 0 Å². The Kier molecular flexibility index (Phi) is 4.08. The Morgan fingerprint density at radius 3 is 3.04 bits per heavy atom. The van der Waals surface area contributed by atoms with Crippen LogP contribution < -0.4 is 5.32 Å². The maximum Gasteiger partial charge on any atom is 0.277 e. The van der Waals surface area contributed by atoms with Crippen molar-refractivity contribution in [1.29, 1.82) is 0 Å². The molecule has 1 aliphatic carbocycles. The van der Waals surface area contributed by atoms with Gasteiger partial charge in [0, 0.05) is 34.1 Å². The number of hydrogen-bond donors (Lipinski definition) is 2. The van der Waals surface area contributed by atoms with Gasteiger partial charge in [-0.15, -0.1) is 11.3 Å². The van der Waals surface area contributed by atoms with Crippen molar-refractivity contribution in [3.63, 3.8) is 0 Å². The number of aromatic amines is 1. The molecule has 5 nitrogen and oxygen atoms in total. The summed E-state index contributed by atoms with van der Waals surface area (Å²) in [6, 6.07) is 9.56. The molecule has 122 valence electrons. The summed E-state index contributed by atoms with van der Waals surface area (Å²) in [6.45, 7) is 0. The van der Waals surface area contributed by atoms with Crippen molar-refractivity contribution in [2.24, 2.45) is 0 Å². The first kappa shape index (κ1) is 15.4. The molecule has 0 saturated heterocycles. The first-order chi connectivity index (χ1) is 11.7. The molecule has 4 rings (SSSR count). The average Bonchev–Trinajstić information content (AvgIpc) is 3.12. The first-order valence-corrected chi connectivity index (χ1v) is 8.92. The molecule has 7 heteroatoms. The van der Waals surface area contributed by atoms with Crippen LogP contribution in [0.4, 0.5) is 5.13 Å². The summed E-state index contributed by atoms with van der Waals surface area (Å²) in [5.41, 5.74) is 2.56. The molecule has 0 atom stereocenters. The monoisotopic (exact) mass is 358 g/mol. The van der Waals surface area contributed by atoms with E-state index in [4.69, 9.17) is 11.6 Å². The van der Waals surface area contributed by atoms with Gasteiger partial charge in [0.05, 0.1) is 0 Å². The Morgan fingerprint density at radius 1 is 1.38 bits per heavy atom. The highest BCUT2D eigenvalue weighted by molar-refractivity contribution is 7.15. The van der Waals surface area contributed by atoms with Gasteiger partial charge in [-0.1, -0.05) is 23.7 Å². The summed E-state index contributed by atoms with van der Waals surface area (Å²) in [5.74, 6) is 0.310. The van der Waals surface area contributed by atoms with Crippen LogP contribution in [0, 0.1) is 0 Å². The molecule has 0 unspecified atom stereocenters. The third-order valence-corrected chi connectivity index (χ3v) is 5.04. The topological polar surface area (TPSA) is 70.7 Å².